The summed E-state index contributed by atoms with van der Waals surface area (Å²) in [5.74, 6) is 3.04. The zero-order valence-corrected chi connectivity index (χ0v) is 13.8. The highest BCUT2D eigenvalue weighted by atomic mass is 15.2. The van der Waals surface area contributed by atoms with E-state index in [2.05, 4.69) is 47.7 Å². The maximum atomic E-state index is 4.49. The van der Waals surface area contributed by atoms with Crippen LogP contribution in [0.1, 0.15) is 44.0 Å². The largest absolute Gasteiger partial charge is 0.306 e. The molecule has 21 heavy (non-hydrogen) atoms. The van der Waals surface area contributed by atoms with E-state index >= 15 is 0 Å². The van der Waals surface area contributed by atoms with Crippen LogP contribution in [0.2, 0.25) is 0 Å². The molecule has 2 heterocycles. The summed E-state index contributed by atoms with van der Waals surface area (Å²) in [7, 11) is 4.48. The zero-order chi connectivity index (χ0) is 15.0. The van der Waals surface area contributed by atoms with E-state index < -0.39 is 0 Å². The number of aromatic nitrogens is 2. The minimum absolute atomic E-state index is 0.408. The summed E-state index contributed by atoms with van der Waals surface area (Å²) in [6, 6.07) is 0.792. The third-order valence-electron chi connectivity index (χ3n) is 5.10. The van der Waals surface area contributed by atoms with Gasteiger partial charge < -0.3 is 4.90 Å². The number of nitrogens with zero attached hydrogens (tertiary/aromatic N) is 4. The van der Waals surface area contributed by atoms with Gasteiger partial charge in [0.2, 0.25) is 0 Å². The minimum atomic E-state index is 0.408. The number of piperidine rings is 1. The van der Waals surface area contributed by atoms with E-state index in [-0.39, 0.29) is 0 Å². The maximum absolute atomic E-state index is 4.49. The van der Waals surface area contributed by atoms with Gasteiger partial charge in [-0.25, -0.2) is 9.97 Å². The molecule has 3 atom stereocenters. The fourth-order valence-corrected chi connectivity index (χ4v) is 4.27. The highest BCUT2D eigenvalue weighted by Gasteiger charge is 2.42. The Morgan fingerprint density at radius 3 is 2.19 bits per heavy atom. The fourth-order valence-electron chi connectivity index (χ4n) is 4.27. The van der Waals surface area contributed by atoms with Crippen molar-refractivity contribution in [2.24, 2.45) is 11.8 Å². The molecular formula is C17H28N4. The van der Waals surface area contributed by atoms with Gasteiger partial charge in [0.25, 0.3) is 0 Å². The van der Waals surface area contributed by atoms with Crippen molar-refractivity contribution in [1.82, 2.24) is 19.8 Å². The zero-order valence-electron chi connectivity index (χ0n) is 13.8. The van der Waals surface area contributed by atoms with Crippen molar-refractivity contribution >= 4 is 0 Å². The van der Waals surface area contributed by atoms with Gasteiger partial charge >= 0.3 is 0 Å². The average Bonchev–Trinajstić information content (AvgIpc) is 2.72. The van der Waals surface area contributed by atoms with Gasteiger partial charge in [-0.05, 0) is 38.8 Å². The number of hydrogen-bond acceptors (Lipinski definition) is 4. The van der Waals surface area contributed by atoms with Gasteiger partial charge in [0.05, 0.1) is 0 Å². The molecule has 4 heteroatoms. The second-order valence-corrected chi connectivity index (χ2v) is 7.35. The van der Waals surface area contributed by atoms with Crippen LogP contribution in [0.3, 0.4) is 0 Å². The molecule has 4 nitrogen and oxygen atoms in total. The summed E-state index contributed by atoms with van der Waals surface area (Å²) in [6.07, 6.45) is 6.82. The van der Waals surface area contributed by atoms with Crippen LogP contribution in [-0.4, -0.2) is 53.0 Å². The molecule has 0 amide bonds. The van der Waals surface area contributed by atoms with E-state index in [1.54, 1.807) is 0 Å². The van der Waals surface area contributed by atoms with Crippen LogP contribution in [0.15, 0.2) is 12.4 Å². The van der Waals surface area contributed by atoms with E-state index in [0.29, 0.717) is 5.92 Å². The standard InChI is InChI=1S/C17H28N4/c1-12(2)17-18-7-13(8-19-17)9-21-10-14-5-6-15(11-21)16(14)20(3)4/h7-8,12,14-16H,5-6,9-11H2,1-4H3/t14-,15+,16?. The topological polar surface area (TPSA) is 32.3 Å². The quantitative estimate of drug-likeness (QED) is 0.851. The number of likely N-dealkylation sites (tertiary alicyclic amines) is 1. The number of hydrogen-bond donors (Lipinski definition) is 0. The molecule has 0 radical (unpaired) electrons. The van der Waals surface area contributed by atoms with E-state index in [1.165, 1.54) is 31.5 Å². The van der Waals surface area contributed by atoms with Gasteiger partial charge in [-0.3, -0.25) is 4.90 Å². The molecule has 0 N–H and O–H groups in total. The van der Waals surface area contributed by atoms with Crippen LogP contribution in [0.25, 0.3) is 0 Å². The van der Waals surface area contributed by atoms with Crippen LogP contribution in [0, 0.1) is 11.8 Å². The van der Waals surface area contributed by atoms with Crippen LogP contribution < -0.4 is 0 Å². The molecular weight excluding hydrogens is 260 g/mol. The van der Waals surface area contributed by atoms with Gasteiger partial charge in [0.15, 0.2) is 0 Å². The first kappa shape index (κ1) is 14.9. The molecule has 0 aromatic carbocycles. The SMILES string of the molecule is CC(C)c1ncc(CN2C[C@H]3CC[C@@H](C2)C3N(C)C)cn1. The smallest absolute Gasteiger partial charge is 0.130 e. The van der Waals surface area contributed by atoms with Crippen molar-refractivity contribution in [1.29, 1.82) is 0 Å². The third-order valence-corrected chi connectivity index (χ3v) is 5.10. The Hall–Kier alpha value is -1.00. The Bertz CT molecular complexity index is 454. The lowest BCUT2D eigenvalue weighted by Crippen LogP contribution is -2.50. The molecule has 116 valence electrons. The second-order valence-electron chi connectivity index (χ2n) is 7.35. The molecule has 2 fully saturated rings. The Morgan fingerprint density at radius 2 is 1.71 bits per heavy atom. The second kappa shape index (κ2) is 6.01. The van der Waals surface area contributed by atoms with Gasteiger partial charge in [-0.1, -0.05) is 13.8 Å². The fraction of sp³-hybridized carbons (Fsp3) is 0.765. The lowest BCUT2D eigenvalue weighted by atomic mass is 9.91. The molecule has 1 aliphatic carbocycles. The summed E-state index contributed by atoms with van der Waals surface area (Å²) in [6.45, 7) is 7.74. The van der Waals surface area contributed by atoms with Crippen molar-refractivity contribution in [2.75, 3.05) is 27.2 Å². The monoisotopic (exact) mass is 288 g/mol. The van der Waals surface area contributed by atoms with Gasteiger partial charge in [0, 0.05) is 49.6 Å². The van der Waals surface area contributed by atoms with E-state index in [4.69, 9.17) is 0 Å². The first-order chi connectivity index (χ1) is 10.0. The lowest BCUT2D eigenvalue weighted by molar-refractivity contribution is 0.0713. The van der Waals surface area contributed by atoms with Crippen LogP contribution in [0.5, 0.6) is 0 Å². The molecule has 2 aliphatic rings. The number of rotatable bonds is 4. The average molecular weight is 288 g/mol. The van der Waals surface area contributed by atoms with Crippen LogP contribution >= 0.6 is 0 Å². The van der Waals surface area contributed by atoms with Crippen molar-refractivity contribution in [3.63, 3.8) is 0 Å². The predicted molar refractivity (Wildman–Crippen MR) is 85.1 cm³/mol. The molecule has 1 aromatic heterocycles. The Balaban J connectivity index is 1.62. The molecule has 2 bridgehead atoms. The first-order valence-corrected chi connectivity index (χ1v) is 8.24. The summed E-state index contributed by atoms with van der Waals surface area (Å²) in [5.41, 5.74) is 1.25. The van der Waals surface area contributed by atoms with Crippen LogP contribution in [0.4, 0.5) is 0 Å². The normalized spacial score (nSPS) is 29.5. The Labute approximate surface area is 128 Å². The first-order valence-electron chi connectivity index (χ1n) is 8.24. The molecule has 1 unspecified atom stereocenters. The van der Waals surface area contributed by atoms with E-state index in [1.807, 2.05) is 12.4 Å². The predicted octanol–water partition coefficient (Wildman–Crippen LogP) is 2.37. The van der Waals surface area contributed by atoms with Gasteiger partial charge in [-0.15, -0.1) is 0 Å². The summed E-state index contributed by atoms with van der Waals surface area (Å²) in [5, 5.41) is 0. The van der Waals surface area contributed by atoms with Crippen LogP contribution in [-0.2, 0) is 6.54 Å². The molecule has 1 saturated heterocycles. The van der Waals surface area contributed by atoms with Crippen molar-refractivity contribution in [2.45, 2.75) is 45.2 Å². The summed E-state index contributed by atoms with van der Waals surface area (Å²) < 4.78 is 0. The Morgan fingerprint density at radius 1 is 1.14 bits per heavy atom. The molecule has 3 rings (SSSR count). The minimum Gasteiger partial charge on any atom is -0.306 e. The maximum Gasteiger partial charge on any atom is 0.130 e. The van der Waals surface area contributed by atoms with E-state index in [0.717, 1.165) is 30.2 Å². The van der Waals surface area contributed by atoms with Gasteiger partial charge in [0.1, 0.15) is 5.82 Å². The van der Waals surface area contributed by atoms with Crippen molar-refractivity contribution in [3.05, 3.63) is 23.8 Å². The van der Waals surface area contributed by atoms with Gasteiger partial charge in [-0.2, -0.15) is 0 Å². The summed E-state index contributed by atoms with van der Waals surface area (Å²) in [4.78, 5) is 14.0. The summed E-state index contributed by atoms with van der Waals surface area (Å²) >= 11 is 0. The molecule has 1 saturated carbocycles. The lowest BCUT2D eigenvalue weighted by Gasteiger charge is -2.41. The third kappa shape index (κ3) is 3.11. The Kier molecular flexibility index (Phi) is 4.27. The van der Waals surface area contributed by atoms with Crippen molar-refractivity contribution in [3.8, 4) is 0 Å². The van der Waals surface area contributed by atoms with E-state index in [9.17, 15) is 0 Å². The molecule has 1 aromatic rings. The highest BCUT2D eigenvalue weighted by Crippen LogP contribution is 2.39. The molecule has 0 spiro atoms. The highest BCUT2D eigenvalue weighted by molar-refractivity contribution is 5.08. The number of fused-ring (bicyclic) bond motifs is 2. The van der Waals surface area contributed by atoms with Crippen molar-refractivity contribution < 1.29 is 0 Å². The molecule has 1 aliphatic heterocycles.